The molecule has 0 aliphatic rings. The standard InChI is InChI=1S/C11H16FNO2/c1-7-3-4-10(8(2)11(7)12)15-6-9(14)5-13/h3-4,9,14H,5-6,13H2,1-2H3. The predicted octanol–water partition coefficient (Wildman–Crippen LogP) is 1.14. The molecule has 0 saturated heterocycles. The normalized spacial score (nSPS) is 12.6. The van der Waals surface area contributed by atoms with Crippen LogP contribution in [0.2, 0.25) is 0 Å². The molecular weight excluding hydrogens is 197 g/mol. The minimum atomic E-state index is -0.714. The third kappa shape index (κ3) is 2.91. The Morgan fingerprint density at radius 1 is 1.47 bits per heavy atom. The van der Waals surface area contributed by atoms with E-state index in [0.29, 0.717) is 16.9 Å². The van der Waals surface area contributed by atoms with Gasteiger partial charge in [-0.1, -0.05) is 6.07 Å². The van der Waals surface area contributed by atoms with Gasteiger partial charge in [0.2, 0.25) is 0 Å². The van der Waals surface area contributed by atoms with Gasteiger partial charge in [0.1, 0.15) is 24.3 Å². The van der Waals surface area contributed by atoms with E-state index in [-0.39, 0.29) is 19.0 Å². The quantitative estimate of drug-likeness (QED) is 0.788. The van der Waals surface area contributed by atoms with E-state index in [1.54, 1.807) is 26.0 Å². The number of halogens is 1. The second-order valence-electron chi connectivity index (χ2n) is 3.52. The number of aryl methyl sites for hydroxylation is 1. The van der Waals surface area contributed by atoms with Gasteiger partial charge in [0.15, 0.2) is 0 Å². The molecule has 15 heavy (non-hydrogen) atoms. The Morgan fingerprint density at radius 2 is 2.13 bits per heavy atom. The fourth-order valence-corrected chi connectivity index (χ4v) is 1.21. The van der Waals surface area contributed by atoms with Crippen molar-refractivity contribution in [3.8, 4) is 5.75 Å². The van der Waals surface area contributed by atoms with Crippen LogP contribution in [0.15, 0.2) is 12.1 Å². The highest BCUT2D eigenvalue weighted by molar-refractivity contribution is 5.37. The monoisotopic (exact) mass is 213 g/mol. The van der Waals surface area contributed by atoms with Gasteiger partial charge in [-0.15, -0.1) is 0 Å². The average molecular weight is 213 g/mol. The fraction of sp³-hybridized carbons (Fsp3) is 0.455. The van der Waals surface area contributed by atoms with Crippen LogP contribution in [0.3, 0.4) is 0 Å². The summed E-state index contributed by atoms with van der Waals surface area (Å²) in [6.45, 7) is 3.56. The maximum Gasteiger partial charge on any atom is 0.132 e. The number of aliphatic hydroxyl groups is 1. The molecule has 84 valence electrons. The molecule has 1 atom stereocenters. The molecule has 0 heterocycles. The lowest BCUT2D eigenvalue weighted by atomic mass is 10.1. The van der Waals surface area contributed by atoms with Gasteiger partial charge >= 0.3 is 0 Å². The molecule has 0 aliphatic heterocycles. The molecule has 0 fully saturated rings. The lowest BCUT2D eigenvalue weighted by molar-refractivity contribution is 0.113. The molecule has 1 unspecified atom stereocenters. The van der Waals surface area contributed by atoms with Crippen molar-refractivity contribution < 1.29 is 14.2 Å². The third-order valence-electron chi connectivity index (χ3n) is 2.23. The van der Waals surface area contributed by atoms with Crippen molar-refractivity contribution in [1.82, 2.24) is 0 Å². The lowest BCUT2D eigenvalue weighted by Gasteiger charge is -2.13. The predicted molar refractivity (Wildman–Crippen MR) is 56.4 cm³/mol. The summed E-state index contributed by atoms with van der Waals surface area (Å²) in [5, 5.41) is 9.19. The number of nitrogens with two attached hydrogens (primary N) is 1. The number of rotatable bonds is 4. The van der Waals surface area contributed by atoms with Crippen molar-refractivity contribution in [3.63, 3.8) is 0 Å². The second-order valence-corrected chi connectivity index (χ2v) is 3.52. The second kappa shape index (κ2) is 5.09. The summed E-state index contributed by atoms with van der Waals surface area (Å²) < 4.78 is 18.7. The van der Waals surface area contributed by atoms with Crippen LogP contribution in [-0.4, -0.2) is 24.4 Å². The smallest absolute Gasteiger partial charge is 0.132 e. The van der Waals surface area contributed by atoms with Gasteiger partial charge in [-0.3, -0.25) is 0 Å². The summed E-state index contributed by atoms with van der Waals surface area (Å²) in [4.78, 5) is 0. The van der Waals surface area contributed by atoms with Crippen LogP contribution in [-0.2, 0) is 0 Å². The first kappa shape index (κ1) is 11.9. The molecule has 0 radical (unpaired) electrons. The Bertz CT molecular complexity index is 342. The van der Waals surface area contributed by atoms with Crippen molar-refractivity contribution in [2.45, 2.75) is 20.0 Å². The van der Waals surface area contributed by atoms with Crippen molar-refractivity contribution in [3.05, 3.63) is 29.1 Å². The van der Waals surface area contributed by atoms with E-state index < -0.39 is 6.10 Å². The summed E-state index contributed by atoms with van der Waals surface area (Å²) in [6, 6.07) is 3.34. The largest absolute Gasteiger partial charge is 0.490 e. The highest BCUT2D eigenvalue weighted by Crippen LogP contribution is 2.22. The Labute approximate surface area is 88.7 Å². The molecule has 0 aliphatic carbocycles. The topological polar surface area (TPSA) is 55.5 Å². The van der Waals surface area contributed by atoms with Crippen molar-refractivity contribution in [1.29, 1.82) is 0 Å². The van der Waals surface area contributed by atoms with Gasteiger partial charge in [-0.2, -0.15) is 0 Å². The molecule has 3 nitrogen and oxygen atoms in total. The number of aliphatic hydroxyl groups excluding tert-OH is 1. The SMILES string of the molecule is Cc1ccc(OCC(O)CN)c(C)c1F. The summed E-state index contributed by atoms with van der Waals surface area (Å²) >= 11 is 0. The van der Waals surface area contributed by atoms with Crippen LogP contribution >= 0.6 is 0 Å². The van der Waals surface area contributed by atoms with Crippen molar-refractivity contribution in [2.24, 2.45) is 5.73 Å². The molecule has 0 amide bonds. The third-order valence-corrected chi connectivity index (χ3v) is 2.23. The van der Waals surface area contributed by atoms with Gasteiger partial charge in [0, 0.05) is 12.1 Å². The van der Waals surface area contributed by atoms with Crippen molar-refractivity contribution in [2.75, 3.05) is 13.2 Å². The fourth-order valence-electron chi connectivity index (χ4n) is 1.21. The molecular formula is C11H16FNO2. The van der Waals surface area contributed by atoms with Crippen LogP contribution in [0.25, 0.3) is 0 Å². The minimum Gasteiger partial charge on any atom is -0.490 e. The zero-order valence-electron chi connectivity index (χ0n) is 8.96. The van der Waals surface area contributed by atoms with E-state index in [1.165, 1.54) is 0 Å². The molecule has 3 N–H and O–H groups in total. The number of benzene rings is 1. The highest BCUT2D eigenvalue weighted by atomic mass is 19.1. The van der Waals surface area contributed by atoms with Gasteiger partial charge in [0.05, 0.1) is 0 Å². The molecule has 0 aromatic heterocycles. The number of ether oxygens (including phenoxy) is 1. The van der Waals surface area contributed by atoms with Gasteiger partial charge in [-0.05, 0) is 25.5 Å². The maximum atomic E-state index is 13.4. The lowest BCUT2D eigenvalue weighted by Crippen LogP contribution is -2.26. The first-order chi connectivity index (χ1) is 7.06. The molecule has 0 spiro atoms. The molecule has 4 heteroatoms. The first-order valence-corrected chi connectivity index (χ1v) is 4.83. The van der Waals surface area contributed by atoms with Gasteiger partial charge in [0.25, 0.3) is 0 Å². The van der Waals surface area contributed by atoms with Crippen molar-refractivity contribution >= 4 is 0 Å². The van der Waals surface area contributed by atoms with E-state index >= 15 is 0 Å². The zero-order chi connectivity index (χ0) is 11.4. The Kier molecular flexibility index (Phi) is 4.05. The van der Waals surface area contributed by atoms with Crippen LogP contribution in [0.5, 0.6) is 5.75 Å². The highest BCUT2D eigenvalue weighted by Gasteiger charge is 2.09. The number of hydrogen-bond acceptors (Lipinski definition) is 3. The molecule has 0 saturated carbocycles. The molecule has 1 aromatic carbocycles. The van der Waals surface area contributed by atoms with Gasteiger partial charge < -0.3 is 15.6 Å². The van der Waals surface area contributed by atoms with Crippen LogP contribution in [0, 0.1) is 19.7 Å². The Morgan fingerprint density at radius 3 is 2.73 bits per heavy atom. The molecule has 1 rings (SSSR count). The van der Waals surface area contributed by atoms with Crippen LogP contribution < -0.4 is 10.5 Å². The van der Waals surface area contributed by atoms with E-state index in [0.717, 1.165) is 0 Å². The average Bonchev–Trinajstić information content (AvgIpc) is 2.24. The van der Waals surface area contributed by atoms with E-state index in [1.807, 2.05) is 0 Å². The van der Waals surface area contributed by atoms with E-state index in [9.17, 15) is 9.50 Å². The maximum absolute atomic E-state index is 13.4. The minimum absolute atomic E-state index is 0.0832. The Balaban J connectivity index is 2.74. The van der Waals surface area contributed by atoms with Crippen LogP contribution in [0.1, 0.15) is 11.1 Å². The van der Waals surface area contributed by atoms with Gasteiger partial charge in [-0.25, -0.2) is 4.39 Å². The molecule has 0 bridgehead atoms. The number of hydrogen-bond donors (Lipinski definition) is 2. The summed E-state index contributed by atoms with van der Waals surface area (Å²) in [6.07, 6.45) is -0.714. The summed E-state index contributed by atoms with van der Waals surface area (Å²) in [7, 11) is 0. The van der Waals surface area contributed by atoms with E-state index in [4.69, 9.17) is 10.5 Å². The van der Waals surface area contributed by atoms with E-state index in [2.05, 4.69) is 0 Å². The summed E-state index contributed by atoms with van der Waals surface area (Å²) in [5.41, 5.74) is 6.26. The first-order valence-electron chi connectivity index (χ1n) is 4.83. The summed E-state index contributed by atoms with van der Waals surface area (Å²) in [5.74, 6) is 0.181. The zero-order valence-corrected chi connectivity index (χ0v) is 8.96. The molecule has 1 aromatic rings. The van der Waals surface area contributed by atoms with Crippen LogP contribution in [0.4, 0.5) is 4.39 Å². The Hall–Kier alpha value is -1.13.